The molecule has 0 bridgehead atoms. The number of hydrogen-bond donors (Lipinski definition) is 2. The summed E-state index contributed by atoms with van der Waals surface area (Å²) in [4.78, 5) is 34.5. The van der Waals surface area contributed by atoms with Crippen LogP contribution in [0.3, 0.4) is 0 Å². The Hall–Kier alpha value is -1.91. The van der Waals surface area contributed by atoms with E-state index in [9.17, 15) is 14.4 Å². The number of nitrogens with two attached hydrogens (primary N) is 1. The van der Waals surface area contributed by atoms with Crippen LogP contribution in [-0.2, 0) is 9.59 Å². The second kappa shape index (κ2) is 8.97. The molecular formula is C15H16N4O3S3. The lowest BCUT2D eigenvalue weighted by molar-refractivity contribution is -0.116. The Bertz CT molecular complexity index is 794. The number of hydrogen-bond acceptors (Lipinski definition) is 8. The summed E-state index contributed by atoms with van der Waals surface area (Å²) < 4.78 is 1.26. The van der Waals surface area contributed by atoms with Crippen LogP contribution in [0.15, 0.2) is 32.9 Å². The first-order chi connectivity index (χ1) is 11.8. The van der Waals surface area contributed by atoms with Gasteiger partial charge in [-0.25, -0.2) is 0 Å². The molecule has 0 aliphatic carbocycles. The summed E-state index contributed by atoms with van der Waals surface area (Å²) in [7, 11) is 0. The largest absolute Gasteiger partial charge is 0.369 e. The quantitative estimate of drug-likeness (QED) is 0.520. The SMILES string of the molecule is CC(=O)c1cccc(NC(=O)[C@H](C)Sc2nnc(SCC(N)=O)s2)c1. The molecule has 0 unspecified atom stereocenters. The number of ketones is 1. The molecule has 0 saturated carbocycles. The van der Waals surface area contributed by atoms with Gasteiger partial charge in [-0.1, -0.05) is 47.0 Å². The normalized spacial score (nSPS) is 11.8. The van der Waals surface area contributed by atoms with Crippen LogP contribution in [-0.4, -0.2) is 38.8 Å². The molecule has 1 aromatic carbocycles. The minimum atomic E-state index is -0.421. The molecule has 2 amide bonds. The van der Waals surface area contributed by atoms with Gasteiger partial charge in [0, 0.05) is 11.3 Å². The van der Waals surface area contributed by atoms with Crippen LogP contribution in [0.25, 0.3) is 0 Å². The van der Waals surface area contributed by atoms with Crippen molar-refractivity contribution in [3.63, 3.8) is 0 Å². The van der Waals surface area contributed by atoms with E-state index in [0.29, 0.717) is 19.9 Å². The number of primary amides is 1. The van der Waals surface area contributed by atoms with Crippen molar-refractivity contribution in [3.8, 4) is 0 Å². The van der Waals surface area contributed by atoms with E-state index >= 15 is 0 Å². The molecule has 0 radical (unpaired) electrons. The zero-order valence-electron chi connectivity index (χ0n) is 13.5. The number of carbonyl (C=O) groups excluding carboxylic acids is 3. The van der Waals surface area contributed by atoms with E-state index in [1.807, 2.05) is 0 Å². The number of thioether (sulfide) groups is 2. The van der Waals surface area contributed by atoms with Crippen molar-refractivity contribution in [2.75, 3.05) is 11.1 Å². The fourth-order valence-corrected chi connectivity index (χ4v) is 4.60. The third-order valence-electron chi connectivity index (χ3n) is 2.91. The van der Waals surface area contributed by atoms with Crippen LogP contribution in [0.1, 0.15) is 24.2 Å². The molecule has 0 saturated heterocycles. The Morgan fingerprint density at radius 3 is 2.68 bits per heavy atom. The highest BCUT2D eigenvalue weighted by Gasteiger charge is 2.18. The smallest absolute Gasteiger partial charge is 0.237 e. The van der Waals surface area contributed by atoms with Gasteiger partial charge in [0.15, 0.2) is 14.5 Å². The minimum Gasteiger partial charge on any atom is -0.369 e. The molecule has 132 valence electrons. The van der Waals surface area contributed by atoms with Crippen LogP contribution in [0.2, 0.25) is 0 Å². The first-order valence-electron chi connectivity index (χ1n) is 7.18. The van der Waals surface area contributed by atoms with Gasteiger partial charge in [-0.2, -0.15) is 0 Å². The Labute approximate surface area is 157 Å². The second-order valence-corrected chi connectivity index (χ2v) is 8.76. The van der Waals surface area contributed by atoms with Crippen molar-refractivity contribution >= 4 is 58.1 Å². The predicted octanol–water partition coefficient (Wildman–Crippen LogP) is 2.44. The van der Waals surface area contributed by atoms with Crippen molar-refractivity contribution in [2.24, 2.45) is 5.73 Å². The Morgan fingerprint density at radius 1 is 1.28 bits per heavy atom. The summed E-state index contributed by atoms with van der Waals surface area (Å²) in [5.74, 6) is -0.544. The average molecular weight is 397 g/mol. The molecule has 0 fully saturated rings. The molecular weight excluding hydrogens is 380 g/mol. The van der Waals surface area contributed by atoms with Crippen molar-refractivity contribution in [1.29, 1.82) is 0 Å². The maximum Gasteiger partial charge on any atom is 0.237 e. The summed E-state index contributed by atoms with van der Waals surface area (Å²) in [6.07, 6.45) is 0. The molecule has 1 heterocycles. The Balaban J connectivity index is 1.93. The lowest BCUT2D eigenvalue weighted by Crippen LogP contribution is -2.22. The van der Waals surface area contributed by atoms with E-state index in [2.05, 4.69) is 15.5 Å². The molecule has 1 aromatic heterocycles. The fourth-order valence-electron chi connectivity index (χ4n) is 1.70. The van der Waals surface area contributed by atoms with Crippen molar-refractivity contribution in [1.82, 2.24) is 10.2 Å². The number of rotatable bonds is 8. The van der Waals surface area contributed by atoms with Crippen molar-refractivity contribution in [2.45, 2.75) is 27.8 Å². The average Bonchev–Trinajstić information content (AvgIpc) is 3.00. The molecule has 1 atom stereocenters. The van der Waals surface area contributed by atoms with Gasteiger partial charge >= 0.3 is 0 Å². The van der Waals surface area contributed by atoms with Gasteiger partial charge in [0.25, 0.3) is 0 Å². The zero-order chi connectivity index (χ0) is 18.4. The summed E-state index contributed by atoms with van der Waals surface area (Å²) in [5, 5.41) is 10.3. The molecule has 0 aliphatic heterocycles. The standard InChI is InChI=1S/C15H16N4O3S3/c1-8(20)10-4-3-5-11(6-10)17-13(22)9(2)24-15-19-18-14(25-15)23-7-12(16)21/h3-6,9H,7H2,1-2H3,(H2,16,21)(H,17,22)/t9-/m0/s1. The topological polar surface area (TPSA) is 115 Å². The summed E-state index contributed by atoms with van der Waals surface area (Å²) in [5.41, 5.74) is 6.20. The highest BCUT2D eigenvalue weighted by molar-refractivity contribution is 8.04. The van der Waals surface area contributed by atoms with Gasteiger partial charge in [-0.05, 0) is 26.0 Å². The number of aromatic nitrogens is 2. The zero-order valence-corrected chi connectivity index (χ0v) is 16.0. The number of nitrogens with zero attached hydrogens (tertiary/aromatic N) is 2. The molecule has 0 spiro atoms. The third kappa shape index (κ3) is 6.15. The maximum absolute atomic E-state index is 12.3. The molecule has 10 heteroatoms. The van der Waals surface area contributed by atoms with Crippen LogP contribution >= 0.6 is 34.9 Å². The maximum atomic E-state index is 12.3. The molecule has 25 heavy (non-hydrogen) atoms. The molecule has 2 rings (SSSR count). The monoisotopic (exact) mass is 396 g/mol. The minimum absolute atomic E-state index is 0.0617. The number of benzene rings is 1. The van der Waals surface area contributed by atoms with Crippen molar-refractivity contribution in [3.05, 3.63) is 29.8 Å². The van der Waals surface area contributed by atoms with Gasteiger partial charge in [-0.15, -0.1) is 10.2 Å². The van der Waals surface area contributed by atoms with Crippen LogP contribution in [0.4, 0.5) is 5.69 Å². The Kier molecular flexibility index (Phi) is 6.97. The Morgan fingerprint density at radius 2 is 2.00 bits per heavy atom. The van der Waals surface area contributed by atoms with Crippen LogP contribution < -0.4 is 11.1 Å². The van der Waals surface area contributed by atoms with Gasteiger partial charge in [-0.3, -0.25) is 14.4 Å². The van der Waals surface area contributed by atoms with E-state index < -0.39 is 11.2 Å². The second-order valence-electron chi connectivity index (χ2n) is 4.98. The number of amides is 2. The van der Waals surface area contributed by atoms with E-state index in [1.165, 1.54) is 41.8 Å². The van der Waals surface area contributed by atoms with E-state index in [1.54, 1.807) is 31.2 Å². The number of anilines is 1. The van der Waals surface area contributed by atoms with Crippen LogP contribution in [0, 0.1) is 0 Å². The first-order valence-corrected chi connectivity index (χ1v) is 9.86. The van der Waals surface area contributed by atoms with Gasteiger partial charge < -0.3 is 11.1 Å². The third-order valence-corrected chi connectivity index (χ3v) is 6.17. The summed E-state index contributed by atoms with van der Waals surface area (Å²) in [6.45, 7) is 3.23. The lowest BCUT2D eigenvalue weighted by Gasteiger charge is -2.10. The van der Waals surface area contributed by atoms with E-state index in [-0.39, 0.29) is 17.4 Å². The van der Waals surface area contributed by atoms with Crippen molar-refractivity contribution < 1.29 is 14.4 Å². The predicted molar refractivity (Wildman–Crippen MR) is 100 cm³/mol. The summed E-state index contributed by atoms with van der Waals surface area (Å²) >= 11 is 3.79. The van der Waals surface area contributed by atoms with Crippen LogP contribution in [0.5, 0.6) is 0 Å². The number of Topliss-reactive ketones (excluding diaryl/α,β-unsaturated/α-hetero) is 1. The summed E-state index contributed by atoms with van der Waals surface area (Å²) in [6, 6.07) is 6.78. The lowest BCUT2D eigenvalue weighted by atomic mass is 10.1. The molecule has 3 N–H and O–H groups in total. The van der Waals surface area contributed by atoms with Gasteiger partial charge in [0.1, 0.15) is 0 Å². The first kappa shape index (κ1) is 19.4. The highest BCUT2D eigenvalue weighted by atomic mass is 32.2. The highest BCUT2D eigenvalue weighted by Crippen LogP contribution is 2.31. The van der Waals surface area contributed by atoms with Gasteiger partial charge in [0.05, 0.1) is 11.0 Å². The van der Waals surface area contributed by atoms with E-state index in [0.717, 1.165) is 0 Å². The number of nitrogens with one attached hydrogen (secondary N) is 1. The fraction of sp³-hybridized carbons (Fsp3) is 0.267. The van der Waals surface area contributed by atoms with E-state index in [4.69, 9.17) is 5.73 Å². The molecule has 7 nitrogen and oxygen atoms in total. The molecule has 0 aliphatic rings. The number of carbonyl (C=O) groups is 3. The van der Waals surface area contributed by atoms with Gasteiger partial charge in [0.2, 0.25) is 11.8 Å². The molecule has 2 aromatic rings.